The van der Waals surface area contributed by atoms with Crippen LogP contribution in [0, 0.1) is 25.7 Å². The van der Waals surface area contributed by atoms with Gasteiger partial charge < -0.3 is 5.32 Å². The Morgan fingerprint density at radius 2 is 1.80 bits per heavy atom. The molecular weight excluding hydrogens is 242 g/mol. The zero-order valence-corrected chi connectivity index (χ0v) is 13.5. The van der Waals surface area contributed by atoms with E-state index in [1.54, 1.807) is 5.56 Å². The summed E-state index contributed by atoms with van der Waals surface area (Å²) in [6, 6.07) is 7.03. The fourth-order valence-electron chi connectivity index (χ4n) is 3.52. The molecule has 1 nitrogen and oxygen atoms in total. The van der Waals surface area contributed by atoms with Crippen molar-refractivity contribution in [2.75, 3.05) is 13.1 Å². The number of hydrogen-bond acceptors (Lipinski definition) is 1. The first-order valence-corrected chi connectivity index (χ1v) is 8.47. The van der Waals surface area contributed by atoms with Gasteiger partial charge in [-0.05, 0) is 81.1 Å². The van der Waals surface area contributed by atoms with Crippen LogP contribution in [-0.2, 0) is 6.42 Å². The summed E-state index contributed by atoms with van der Waals surface area (Å²) in [6.07, 6.45) is 8.23. The van der Waals surface area contributed by atoms with Crippen LogP contribution >= 0.6 is 0 Å². The molecule has 0 saturated heterocycles. The summed E-state index contributed by atoms with van der Waals surface area (Å²) < 4.78 is 0. The van der Waals surface area contributed by atoms with Crippen molar-refractivity contribution >= 4 is 0 Å². The SMILES string of the molecule is CCCNCC1CCCCC1Cc1ccc(C)c(C)c1. The van der Waals surface area contributed by atoms with Crippen molar-refractivity contribution in [2.24, 2.45) is 11.8 Å². The summed E-state index contributed by atoms with van der Waals surface area (Å²) in [5, 5.41) is 3.64. The van der Waals surface area contributed by atoms with Crippen molar-refractivity contribution in [3.05, 3.63) is 34.9 Å². The molecule has 1 saturated carbocycles. The molecular formula is C19H31N. The number of benzene rings is 1. The van der Waals surface area contributed by atoms with Crippen molar-refractivity contribution in [1.82, 2.24) is 5.32 Å². The van der Waals surface area contributed by atoms with E-state index in [1.807, 2.05) is 0 Å². The molecule has 0 aromatic heterocycles. The molecule has 0 spiro atoms. The lowest BCUT2D eigenvalue weighted by molar-refractivity contribution is 0.229. The average molecular weight is 273 g/mol. The van der Waals surface area contributed by atoms with Crippen molar-refractivity contribution in [3.63, 3.8) is 0 Å². The summed E-state index contributed by atoms with van der Waals surface area (Å²) in [6.45, 7) is 9.09. The van der Waals surface area contributed by atoms with Gasteiger partial charge in [-0.15, -0.1) is 0 Å². The van der Waals surface area contributed by atoms with Crippen LogP contribution in [0.3, 0.4) is 0 Å². The van der Waals surface area contributed by atoms with Crippen molar-refractivity contribution in [2.45, 2.75) is 59.3 Å². The first-order valence-electron chi connectivity index (χ1n) is 8.47. The molecule has 1 aromatic rings. The monoisotopic (exact) mass is 273 g/mol. The lowest BCUT2D eigenvalue weighted by Gasteiger charge is -2.32. The molecule has 1 aliphatic carbocycles. The van der Waals surface area contributed by atoms with Gasteiger partial charge in [-0.1, -0.05) is 38.0 Å². The Kier molecular flexibility index (Phi) is 6.09. The minimum Gasteiger partial charge on any atom is -0.316 e. The van der Waals surface area contributed by atoms with Gasteiger partial charge in [0.1, 0.15) is 0 Å². The number of aryl methyl sites for hydroxylation is 2. The zero-order valence-electron chi connectivity index (χ0n) is 13.5. The fraction of sp³-hybridized carbons (Fsp3) is 0.684. The summed E-state index contributed by atoms with van der Waals surface area (Å²) >= 11 is 0. The standard InChI is InChI=1S/C19H31N/c1-4-11-20-14-19-8-6-5-7-18(19)13-17-10-9-15(2)16(3)12-17/h9-10,12,18-20H,4-8,11,13-14H2,1-3H3. The molecule has 1 N–H and O–H groups in total. The van der Waals surface area contributed by atoms with E-state index in [0.29, 0.717) is 0 Å². The van der Waals surface area contributed by atoms with Crippen LogP contribution in [0.15, 0.2) is 18.2 Å². The number of hydrogen-bond donors (Lipinski definition) is 1. The molecule has 2 rings (SSSR count). The van der Waals surface area contributed by atoms with Gasteiger partial charge in [0.2, 0.25) is 0 Å². The quantitative estimate of drug-likeness (QED) is 0.744. The fourth-order valence-corrected chi connectivity index (χ4v) is 3.52. The van der Waals surface area contributed by atoms with E-state index in [4.69, 9.17) is 0 Å². The van der Waals surface area contributed by atoms with E-state index in [-0.39, 0.29) is 0 Å². The van der Waals surface area contributed by atoms with Gasteiger partial charge in [-0.2, -0.15) is 0 Å². The highest BCUT2D eigenvalue weighted by molar-refractivity contribution is 5.30. The Hall–Kier alpha value is -0.820. The molecule has 1 heteroatoms. The van der Waals surface area contributed by atoms with Crippen LogP contribution in [0.4, 0.5) is 0 Å². The van der Waals surface area contributed by atoms with E-state index < -0.39 is 0 Å². The number of nitrogens with one attached hydrogen (secondary N) is 1. The minimum atomic E-state index is 0.884. The summed E-state index contributed by atoms with van der Waals surface area (Å²) in [4.78, 5) is 0. The van der Waals surface area contributed by atoms with Gasteiger partial charge in [-0.3, -0.25) is 0 Å². The molecule has 0 bridgehead atoms. The molecule has 20 heavy (non-hydrogen) atoms. The molecule has 2 atom stereocenters. The zero-order chi connectivity index (χ0) is 14.4. The number of rotatable bonds is 6. The van der Waals surface area contributed by atoms with Crippen LogP contribution in [0.25, 0.3) is 0 Å². The lowest BCUT2D eigenvalue weighted by atomic mass is 9.76. The second-order valence-electron chi connectivity index (χ2n) is 6.63. The Labute approximate surface area is 125 Å². The normalized spacial score (nSPS) is 22.9. The van der Waals surface area contributed by atoms with E-state index >= 15 is 0 Å². The van der Waals surface area contributed by atoms with Gasteiger partial charge in [0.05, 0.1) is 0 Å². The van der Waals surface area contributed by atoms with Gasteiger partial charge in [0.25, 0.3) is 0 Å². The third kappa shape index (κ3) is 4.34. The summed E-state index contributed by atoms with van der Waals surface area (Å²) in [5.74, 6) is 1.77. The maximum Gasteiger partial charge on any atom is -0.00178 e. The molecule has 0 radical (unpaired) electrons. The van der Waals surface area contributed by atoms with E-state index in [0.717, 1.165) is 11.8 Å². The summed E-state index contributed by atoms with van der Waals surface area (Å²) in [7, 11) is 0. The lowest BCUT2D eigenvalue weighted by Crippen LogP contribution is -2.32. The van der Waals surface area contributed by atoms with Gasteiger partial charge in [0.15, 0.2) is 0 Å². The van der Waals surface area contributed by atoms with Crippen LogP contribution in [-0.4, -0.2) is 13.1 Å². The first-order chi connectivity index (χ1) is 9.70. The van der Waals surface area contributed by atoms with Gasteiger partial charge >= 0.3 is 0 Å². The van der Waals surface area contributed by atoms with Gasteiger partial charge in [-0.25, -0.2) is 0 Å². The molecule has 1 aromatic carbocycles. The smallest absolute Gasteiger partial charge is 0.00178 e. The second kappa shape index (κ2) is 7.83. The van der Waals surface area contributed by atoms with Gasteiger partial charge in [0, 0.05) is 0 Å². The topological polar surface area (TPSA) is 12.0 Å². The van der Waals surface area contributed by atoms with Crippen molar-refractivity contribution < 1.29 is 0 Å². The second-order valence-corrected chi connectivity index (χ2v) is 6.63. The highest BCUT2D eigenvalue weighted by Crippen LogP contribution is 2.32. The molecule has 0 heterocycles. The predicted octanol–water partition coefficient (Wildman–Crippen LogP) is 4.65. The Morgan fingerprint density at radius 1 is 1.05 bits per heavy atom. The van der Waals surface area contributed by atoms with Crippen molar-refractivity contribution in [1.29, 1.82) is 0 Å². The Balaban J connectivity index is 1.95. The third-order valence-corrected chi connectivity index (χ3v) is 4.97. The maximum absolute atomic E-state index is 3.64. The largest absolute Gasteiger partial charge is 0.316 e. The van der Waals surface area contributed by atoms with E-state index in [1.165, 1.54) is 62.7 Å². The molecule has 0 aliphatic heterocycles. The predicted molar refractivity (Wildman–Crippen MR) is 88.2 cm³/mol. The maximum atomic E-state index is 3.64. The highest BCUT2D eigenvalue weighted by Gasteiger charge is 2.24. The Morgan fingerprint density at radius 3 is 2.50 bits per heavy atom. The van der Waals surface area contributed by atoms with Crippen LogP contribution in [0.2, 0.25) is 0 Å². The van der Waals surface area contributed by atoms with Crippen LogP contribution in [0.5, 0.6) is 0 Å². The molecule has 2 unspecified atom stereocenters. The van der Waals surface area contributed by atoms with Crippen molar-refractivity contribution in [3.8, 4) is 0 Å². The third-order valence-electron chi connectivity index (χ3n) is 4.97. The van der Waals surface area contributed by atoms with Crippen LogP contribution in [0.1, 0.15) is 55.7 Å². The first kappa shape index (κ1) is 15.6. The van der Waals surface area contributed by atoms with E-state index in [2.05, 4.69) is 44.3 Å². The minimum absolute atomic E-state index is 0.884. The average Bonchev–Trinajstić information content (AvgIpc) is 2.45. The van der Waals surface area contributed by atoms with Crippen LogP contribution < -0.4 is 5.32 Å². The molecule has 0 amide bonds. The summed E-state index contributed by atoms with van der Waals surface area (Å²) in [5.41, 5.74) is 4.40. The molecule has 112 valence electrons. The molecule has 1 aliphatic rings. The molecule has 1 fully saturated rings. The highest BCUT2D eigenvalue weighted by atomic mass is 14.9. The van der Waals surface area contributed by atoms with E-state index in [9.17, 15) is 0 Å². The Bertz CT molecular complexity index is 410.